The van der Waals surface area contributed by atoms with Crippen LogP contribution in [0.25, 0.3) is 0 Å². The molecule has 0 radical (unpaired) electrons. The normalized spacial score (nSPS) is 46.8. The number of nitrogens with two attached hydrogens (primary N) is 12. The monoisotopic (exact) mass is 1320 g/mol. The average molecular weight is 1320 g/mol. The SMILES string of the molecule is NCCCN[C@@H]1CC[C@@H](CN)O[C@@H]1OC1[C@@H](N)C[C@@H](CC(=O)C2(O)CC2N=C(N)N)[C@H](O[C@H]2O[C@H](CO)[C@@H](O)[C@H](N)[C@H]2O)[C@H]1O.NC[C@@H]1CC[C@@H](NCC2CC(N)C2)[C@@H](OC2[C@@H](N)C[C@@H](CC(=O)C3(O)CC3N=C(N)N)[C@H](O[C@H]3O[C@H](CO)[C@@H](O)[C@H](N)[C@H]3O)[C@H]2O)O1. The molecule has 36 N–H and O–H groups in total. The van der Waals surface area contributed by atoms with Crippen molar-refractivity contribution in [3.63, 3.8) is 0 Å². The number of nitrogens with zero attached hydrogens (tertiary/aromatic N) is 2. The number of ether oxygens (including phenoxy) is 8. The van der Waals surface area contributed by atoms with Gasteiger partial charge in [-0.05, 0) is 95.2 Å². The van der Waals surface area contributed by atoms with Crippen LogP contribution in [0.2, 0.25) is 0 Å². The van der Waals surface area contributed by atoms with Crippen LogP contribution in [0.15, 0.2) is 9.98 Å². The molecule has 9 fully saturated rings. The Morgan fingerprint density at radius 2 is 0.924 bits per heavy atom. The van der Waals surface area contributed by atoms with Gasteiger partial charge in [-0.1, -0.05) is 0 Å². The van der Waals surface area contributed by atoms with Crippen molar-refractivity contribution in [1.82, 2.24) is 10.6 Å². The summed E-state index contributed by atoms with van der Waals surface area (Å²) in [6.45, 7) is 1.15. The molecule has 0 aromatic rings. The maximum atomic E-state index is 13.4. The molecule has 4 heterocycles. The number of Topliss-reactive ketones (excluding diaryl/α,β-unsaturated/α-hetero) is 2. The van der Waals surface area contributed by atoms with Gasteiger partial charge in [-0.25, -0.2) is 9.98 Å². The minimum Gasteiger partial charge on any atom is -0.394 e. The number of rotatable bonds is 27. The van der Waals surface area contributed by atoms with Crippen LogP contribution in [0, 0.1) is 17.8 Å². The molecule has 92 heavy (non-hydrogen) atoms. The molecule has 36 nitrogen and oxygen atoms in total. The van der Waals surface area contributed by atoms with Crippen molar-refractivity contribution in [3.05, 3.63) is 0 Å². The molecule has 5 aliphatic carbocycles. The van der Waals surface area contributed by atoms with Crippen LogP contribution in [0.5, 0.6) is 0 Å². The topological polar surface area (TPSA) is 671 Å². The molecule has 36 heteroatoms. The predicted molar refractivity (Wildman–Crippen MR) is 325 cm³/mol. The highest BCUT2D eigenvalue weighted by Crippen LogP contribution is 2.46. The molecular weight excluding hydrogens is 1220 g/mol. The Labute approximate surface area is 533 Å². The van der Waals surface area contributed by atoms with Gasteiger partial charge in [0.25, 0.3) is 0 Å². The number of aliphatic hydroxyl groups excluding tert-OH is 8. The first-order valence-corrected chi connectivity index (χ1v) is 32.2. The summed E-state index contributed by atoms with van der Waals surface area (Å²) < 4.78 is 48.6. The third kappa shape index (κ3) is 17.5. The zero-order chi connectivity index (χ0) is 67.3. The number of hydrogen-bond donors (Lipinski definition) is 24. The second kappa shape index (κ2) is 32.4. The Morgan fingerprint density at radius 3 is 1.29 bits per heavy atom. The molecule has 0 amide bonds. The van der Waals surface area contributed by atoms with Crippen molar-refractivity contribution in [3.8, 4) is 0 Å². The van der Waals surface area contributed by atoms with E-state index >= 15 is 0 Å². The summed E-state index contributed by atoms with van der Waals surface area (Å²) in [7, 11) is 0. The van der Waals surface area contributed by atoms with Crippen molar-refractivity contribution < 1.29 is 98.5 Å². The molecule has 30 atom stereocenters. The van der Waals surface area contributed by atoms with Crippen LogP contribution in [0.1, 0.15) is 83.5 Å². The van der Waals surface area contributed by atoms with Crippen molar-refractivity contribution in [1.29, 1.82) is 0 Å². The quantitative estimate of drug-likeness (QED) is 0.0206. The Morgan fingerprint density at radius 1 is 0.522 bits per heavy atom. The lowest BCUT2D eigenvalue weighted by Crippen LogP contribution is -2.66. The van der Waals surface area contributed by atoms with Crippen LogP contribution in [0.4, 0.5) is 0 Å². The van der Waals surface area contributed by atoms with Gasteiger partial charge in [-0.15, -0.1) is 0 Å². The molecule has 9 aliphatic rings. The number of aliphatic imine (C=N–C) groups is 2. The summed E-state index contributed by atoms with van der Waals surface area (Å²) in [4.78, 5) is 34.5. The Balaban J connectivity index is 0.000000237. The minimum atomic E-state index is -1.79. The van der Waals surface area contributed by atoms with Gasteiger partial charge >= 0.3 is 0 Å². The van der Waals surface area contributed by atoms with E-state index in [0.29, 0.717) is 44.7 Å². The fraction of sp³-hybridized carbons (Fsp3) is 0.929. The zero-order valence-electron chi connectivity index (χ0n) is 51.8. The van der Waals surface area contributed by atoms with Crippen LogP contribution < -0.4 is 79.4 Å². The zero-order valence-corrected chi connectivity index (χ0v) is 51.8. The summed E-state index contributed by atoms with van der Waals surface area (Å²) in [5.41, 5.74) is 66.7. The van der Waals surface area contributed by atoms with Gasteiger partial charge < -0.3 is 168 Å². The van der Waals surface area contributed by atoms with Crippen LogP contribution >= 0.6 is 0 Å². The van der Waals surface area contributed by atoms with Gasteiger partial charge in [-0.3, -0.25) is 9.59 Å². The summed E-state index contributed by atoms with van der Waals surface area (Å²) in [6.07, 6.45) is -15.9. The van der Waals surface area contributed by atoms with Gasteiger partial charge in [0.05, 0.1) is 73.9 Å². The molecule has 4 aliphatic heterocycles. The highest BCUT2D eigenvalue weighted by atomic mass is 16.7. The van der Waals surface area contributed by atoms with Crippen LogP contribution in [-0.2, 0) is 47.5 Å². The number of guanidine groups is 2. The molecule has 0 aromatic heterocycles. The third-order valence-electron chi connectivity index (χ3n) is 19.7. The van der Waals surface area contributed by atoms with E-state index in [0.717, 1.165) is 25.8 Å². The maximum absolute atomic E-state index is 13.4. The number of aliphatic hydroxyl groups is 10. The number of ketones is 2. The first-order chi connectivity index (χ1) is 43.6. The highest BCUT2D eigenvalue weighted by molar-refractivity contribution is 5.93. The van der Waals surface area contributed by atoms with Gasteiger partial charge in [0.15, 0.2) is 48.6 Å². The Hall–Kier alpha value is -3.24. The predicted octanol–water partition coefficient (Wildman–Crippen LogP) is -12.1. The maximum Gasteiger partial charge on any atom is 0.186 e. The molecule has 6 unspecified atom stereocenters. The summed E-state index contributed by atoms with van der Waals surface area (Å²) in [5.74, 6) is -2.81. The van der Waals surface area contributed by atoms with Gasteiger partial charge in [0, 0.05) is 56.9 Å². The van der Waals surface area contributed by atoms with E-state index in [9.17, 15) is 60.7 Å². The number of nitrogens with one attached hydrogen (secondary N) is 2. The molecule has 0 aromatic carbocycles. The lowest BCUT2D eigenvalue weighted by atomic mass is 9.76. The van der Waals surface area contributed by atoms with E-state index in [1.54, 1.807) is 0 Å². The highest BCUT2D eigenvalue weighted by Gasteiger charge is 2.62. The summed E-state index contributed by atoms with van der Waals surface area (Å²) in [5, 5.41) is 114. The Kier molecular flexibility index (Phi) is 26.3. The standard InChI is InChI=1S/C29H54N8O10.C27H52N8O10/c30-8-14-1-2-16(36-9-11-3-13(31)4-11)26(44-14)47-25-15(32)5-12(6-19(39)29(43)7-18(29)37-28(34)35)24(23(25)42)46-27-22(41)20(33)21(40)17(10-38)45-27;28-4-1-5-34-14-3-2-12(9-29)42-24(14)45-23-13(30)6-11(7-17(37)27(41)8-16(27)35-26(32)33)22(21(23)40)44-25-20(39)18(31)19(38)15(10-36)43-25/h11-18,20-27,36,38,40-43H,1-10,30-33H2,(H4,34,35,37);11-16,18-25,34,36,38-41H,1-10,28-31H2,(H4,32,33,35)/t11?,12-,13?,14-,15-,16+,17+,18?,20-,21+,22+,23+,24-,25?,26+,27+,29?;11-,12-,13-,14+,15+,16?,18-,19+,20+,21+,22-,23?,24+,25+,27?/m00/s1. The van der Waals surface area contributed by atoms with Gasteiger partial charge in [0.1, 0.15) is 72.2 Å². The molecule has 0 bridgehead atoms. The van der Waals surface area contributed by atoms with E-state index in [2.05, 4.69) is 20.6 Å². The van der Waals surface area contributed by atoms with E-state index in [-0.39, 0.29) is 93.9 Å². The molecule has 530 valence electrons. The van der Waals surface area contributed by atoms with Crippen molar-refractivity contribution >= 4 is 23.5 Å². The first-order valence-electron chi connectivity index (χ1n) is 32.2. The number of carbonyl (C=O) groups is 2. The second-order valence-electron chi connectivity index (χ2n) is 26.6. The fourth-order valence-electron chi connectivity index (χ4n) is 13.8. The van der Waals surface area contributed by atoms with Crippen molar-refractivity contribution in [2.24, 2.45) is 96.5 Å². The summed E-state index contributed by atoms with van der Waals surface area (Å²) in [6, 6.07) is -5.96. The van der Waals surface area contributed by atoms with E-state index in [1.807, 2.05) is 0 Å². The van der Waals surface area contributed by atoms with Gasteiger partial charge in [-0.2, -0.15) is 0 Å². The molecule has 9 rings (SSSR count). The fourth-order valence-corrected chi connectivity index (χ4v) is 13.8. The minimum absolute atomic E-state index is 0.0254. The van der Waals surface area contributed by atoms with Gasteiger partial charge in [0.2, 0.25) is 0 Å². The van der Waals surface area contributed by atoms with Crippen LogP contribution in [-0.4, -0.2) is 297 Å². The van der Waals surface area contributed by atoms with E-state index in [4.69, 9.17) is 107 Å². The van der Waals surface area contributed by atoms with E-state index < -0.39 is 182 Å². The number of carbonyl (C=O) groups excluding carboxylic acids is 2. The molecule has 0 spiro atoms. The Bertz CT molecular complexity index is 2430. The lowest BCUT2D eigenvalue weighted by Gasteiger charge is -2.48. The number of hydrogen-bond acceptors (Lipinski definition) is 32. The lowest BCUT2D eigenvalue weighted by molar-refractivity contribution is -0.318. The van der Waals surface area contributed by atoms with Crippen molar-refractivity contribution in [2.75, 3.05) is 45.9 Å². The second-order valence-corrected chi connectivity index (χ2v) is 26.6. The molecular formula is C56H106N16O20. The first kappa shape index (κ1) is 74.5. The van der Waals surface area contributed by atoms with E-state index in [1.165, 1.54) is 0 Å². The largest absolute Gasteiger partial charge is 0.394 e. The molecule has 5 saturated carbocycles. The molecule has 4 saturated heterocycles. The van der Waals surface area contributed by atoms with Crippen LogP contribution in [0.3, 0.4) is 0 Å². The summed E-state index contributed by atoms with van der Waals surface area (Å²) >= 11 is 0. The van der Waals surface area contributed by atoms with Crippen molar-refractivity contribution in [2.45, 2.75) is 260 Å². The smallest absolute Gasteiger partial charge is 0.186 e. The average Bonchev–Trinajstić information content (AvgIpc) is 1.54. The third-order valence-corrected chi connectivity index (χ3v) is 19.7.